The number of aryl methyl sites for hydroxylation is 3. The zero-order chi connectivity index (χ0) is 16.7. The molecule has 0 atom stereocenters. The van der Waals surface area contributed by atoms with Gasteiger partial charge in [0.05, 0.1) is 11.9 Å². The highest BCUT2D eigenvalue weighted by atomic mass is 32.1. The molecular weight excluding hydrogens is 323 g/mol. The van der Waals surface area contributed by atoms with Gasteiger partial charge in [0, 0.05) is 10.4 Å². The molecule has 0 fully saturated rings. The van der Waals surface area contributed by atoms with Crippen LogP contribution in [-0.2, 0) is 19.4 Å². The van der Waals surface area contributed by atoms with Crippen molar-refractivity contribution in [1.29, 1.82) is 0 Å². The lowest BCUT2D eigenvalue weighted by atomic mass is 9.97. The SMILES string of the molecule is Cc1ccc(-c2nc3sc4c(c3c(=O)n2CCF)CCCC4)cc1. The predicted octanol–water partition coefficient (Wildman–Crippen LogP) is 4.28. The van der Waals surface area contributed by atoms with Crippen LogP contribution >= 0.6 is 11.3 Å². The molecule has 2 aromatic heterocycles. The molecule has 3 nitrogen and oxygen atoms in total. The Kier molecular flexibility index (Phi) is 3.96. The Morgan fingerprint density at radius 2 is 1.96 bits per heavy atom. The van der Waals surface area contributed by atoms with E-state index in [-0.39, 0.29) is 12.1 Å². The summed E-state index contributed by atoms with van der Waals surface area (Å²) < 4.78 is 14.6. The van der Waals surface area contributed by atoms with E-state index in [0.29, 0.717) is 5.82 Å². The smallest absolute Gasteiger partial charge is 0.262 e. The number of nitrogens with zero attached hydrogens (tertiary/aromatic N) is 2. The first-order valence-corrected chi connectivity index (χ1v) is 9.19. The van der Waals surface area contributed by atoms with Crippen LogP contribution in [0.4, 0.5) is 4.39 Å². The van der Waals surface area contributed by atoms with E-state index in [0.717, 1.165) is 46.2 Å². The van der Waals surface area contributed by atoms with Crippen LogP contribution in [0.5, 0.6) is 0 Å². The summed E-state index contributed by atoms with van der Waals surface area (Å²) in [6.45, 7) is 1.50. The first kappa shape index (κ1) is 15.5. The molecule has 5 heteroatoms. The fraction of sp³-hybridized carbons (Fsp3) is 0.368. The van der Waals surface area contributed by atoms with Gasteiger partial charge in [-0.1, -0.05) is 29.8 Å². The Hall–Kier alpha value is -2.01. The van der Waals surface area contributed by atoms with Gasteiger partial charge in [-0.15, -0.1) is 11.3 Å². The van der Waals surface area contributed by atoms with Crippen molar-refractivity contribution in [3.63, 3.8) is 0 Å². The Morgan fingerprint density at radius 3 is 2.71 bits per heavy atom. The van der Waals surface area contributed by atoms with E-state index in [4.69, 9.17) is 4.98 Å². The molecule has 0 aliphatic heterocycles. The molecular formula is C19H19FN2OS. The number of rotatable bonds is 3. The molecule has 124 valence electrons. The fourth-order valence-corrected chi connectivity index (χ4v) is 4.71. The summed E-state index contributed by atoms with van der Waals surface area (Å²) in [4.78, 5) is 19.9. The number of hydrogen-bond acceptors (Lipinski definition) is 3. The zero-order valence-corrected chi connectivity index (χ0v) is 14.5. The lowest BCUT2D eigenvalue weighted by molar-refractivity contribution is 0.441. The maximum Gasteiger partial charge on any atom is 0.262 e. The van der Waals surface area contributed by atoms with Gasteiger partial charge in [-0.2, -0.15) is 0 Å². The van der Waals surface area contributed by atoms with E-state index in [2.05, 4.69) is 0 Å². The fourth-order valence-electron chi connectivity index (χ4n) is 3.45. The first-order valence-electron chi connectivity index (χ1n) is 8.37. The van der Waals surface area contributed by atoms with Crippen molar-refractivity contribution in [2.24, 2.45) is 0 Å². The highest BCUT2D eigenvalue weighted by Crippen LogP contribution is 2.34. The summed E-state index contributed by atoms with van der Waals surface area (Å²) in [5.41, 5.74) is 3.07. The molecule has 24 heavy (non-hydrogen) atoms. The molecule has 1 aliphatic rings. The van der Waals surface area contributed by atoms with Gasteiger partial charge in [-0.3, -0.25) is 9.36 Å². The zero-order valence-electron chi connectivity index (χ0n) is 13.6. The third-order valence-corrected chi connectivity index (χ3v) is 5.88. The van der Waals surface area contributed by atoms with E-state index in [9.17, 15) is 9.18 Å². The van der Waals surface area contributed by atoms with E-state index < -0.39 is 6.67 Å². The molecule has 0 saturated heterocycles. The highest BCUT2D eigenvalue weighted by molar-refractivity contribution is 7.18. The number of benzene rings is 1. The Bertz CT molecular complexity index is 956. The summed E-state index contributed by atoms with van der Waals surface area (Å²) in [6.07, 6.45) is 4.24. The van der Waals surface area contributed by atoms with Crippen molar-refractivity contribution in [2.45, 2.75) is 39.2 Å². The summed E-state index contributed by atoms with van der Waals surface area (Å²) in [7, 11) is 0. The van der Waals surface area contributed by atoms with Gasteiger partial charge in [0.15, 0.2) is 0 Å². The number of alkyl halides is 1. The number of halogens is 1. The predicted molar refractivity (Wildman–Crippen MR) is 96.7 cm³/mol. The Morgan fingerprint density at radius 1 is 1.21 bits per heavy atom. The summed E-state index contributed by atoms with van der Waals surface area (Å²) in [5, 5.41) is 0.721. The van der Waals surface area contributed by atoms with E-state index in [1.165, 1.54) is 15.9 Å². The minimum absolute atomic E-state index is 0.0512. The number of fused-ring (bicyclic) bond motifs is 3. The van der Waals surface area contributed by atoms with Crippen molar-refractivity contribution in [1.82, 2.24) is 9.55 Å². The van der Waals surface area contributed by atoms with Crippen LogP contribution in [0.15, 0.2) is 29.1 Å². The molecule has 0 N–H and O–H groups in total. The number of thiophene rings is 1. The molecule has 4 rings (SSSR count). The average Bonchev–Trinajstić information content (AvgIpc) is 2.97. The lowest BCUT2D eigenvalue weighted by Crippen LogP contribution is -2.24. The number of aromatic nitrogens is 2. The second kappa shape index (κ2) is 6.13. The molecule has 1 aromatic carbocycles. The van der Waals surface area contributed by atoms with E-state index >= 15 is 0 Å². The van der Waals surface area contributed by atoms with Crippen molar-refractivity contribution < 1.29 is 4.39 Å². The minimum atomic E-state index is -0.571. The van der Waals surface area contributed by atoms with Gasteiger partial charge in [-0.25, -0.2) is 9.37 Å². The van der Waals surface area contributed by atoms with E-state index in [1.807, 2.05) is 31.2 Å². The molecule has 0 saturated carbocycles. The van der Waals surface area contributed by atoms with Gasteiger partial charge in [-0.05, 0) is 38.2 Å². The van der Waals surface area contributed by atoms with Gasteiger partial charge in [0.25, 0.3) is 5.56 Å². The van der Waals surface area contributed by atoms with Gasteiger partial charge < -0.3 is 0 Å². The van der Waals surface area contributed by atoms with Crippen molar-refractivity contribution >= 4 is 21.6 Å². The minimum Gasteiger partial charge on any atom is -0.289 e. The second-order valence-electron chi connectivity index (χ2n) is 6.34. The van der Waals surface area contributed by atoms with Crippen molar-refractivity contribution in [3.8, 4) is 11.4 Å². The largest absolute Gasteiger partial charge is 0.289 e. The summed E-state index contributed by atoms with van der Waals surface area (Å²) >= 11 is 1.63. The third kappa shape index (κ3) is 2.47. The van der Waals surface area contributed by atoms with Crippen LogP contribution in [0.25, 0.3) is 21.6 Å². The third-order valence-electron chi connectivity index (χ3n) is 4.69. The van der Waals surface area contributed by atoms with E-state index in [1.54, 1.807) is 11.3 Å². The molecule has 3 aromatic rings. The molecule has 1 aliphatic carbocycles. The van der Waals surface area contributed by atoms with Crippen molar-refractivity contribution in [3.05, 3.63) is 50.6 Å². The van der Waals surface area contributed by atoms with Crippen LogP contribution in [0.2, 0.25) is 0 Å². The summed E-state index contributed by atoms with van der Waals surface area (Å²) in [5.74, 6) is 0.573. The molecule has 2 heterocycles. The standard InChI is InChI=1S/C19H19FN2OS/c1-12-6-8-13(9-7-12)17-21-18-16(19(23)22(17)11-10-20)14-4-2-3-5-15(14)24-18/h6-9H,2-5,10-11H2,1H3. The van der Waals surface area contributed by atoms with Gasteiger partial charge in [0.2, 0.25) is 0 Å². The highest BCUT2D eigenvalue weighted by Gasteiger charge is 2.22. The topological polar surface area (TPSA) is 34.9 Å². The maximum absolute atomic E-state index is 13.1. The van der Waals surface area contributed by atoms with Gasteiger partial charge in [0.1, 0.15) is 17.3 Å². The monoisotopic (exact) mass is 342 g/mol. The Labute approximate surface area is 143 Å². The molecule has 0 amide bonds. The molecule has 0 unspecified atom stereocenters. The summed E-state index contributed by atoms with van der Waals surface area (Å²) in [6, 6.07) is 7.88. The normalized spacial score (nSPS) is 14.1. The van der Waals surface area contributed by atoms with Crippen LogP contribution in [0, 0.1) is 6.92 Å². The first-order chi connectivity index (χ1) is 11.7. The van der Waals surface area contributed by atoms with Gasteiger partial charge >= 0.3 is 0 Å². The Balaban J connectivity index is 2.01. The molecule has 0 spiro atoms. The lowest BCUT2D eigenvalue weighted by Gasteiger charge is -2.13. The quantitative estimate of drug-likeness (QED) is 0.712. The van der Waals surface area contributed by atoms with Crippen LogP contribution in [0.1, 0.15) is 28.8 Å². The van der Waals surface area contributed by atoms with Crippen LogP contribution < -0.4 is 5.56 Å². The van der Waals surface area contributed by atoms with Crippen LogP contribution in [-0.4, -0.2) is 16.2 Å². The molecule has 0 radical (unpaired) electrons. The maximum atomic E-state index is 13.1. The average molecular weight is 342 g/mol. The number of hydrogen-bond donors (Lipinski definition) is 0. The van der Waals surface area contributed by atoms with Crippen molar-refractivity contribution in [2.75, 3.05) is 6.67 Å². The van der Waals surface area contributed by atoms with Crippen LogP contribution in [0.3, 0.4) is 0 Å². The second-order valence-corrected chi connectivity index (χ2v) is 7.42. The molecule has 0 bridgehead atoms.